The van der Waals surface area contributed by atoms with Crippen LogP contribution in [-0.4, -0.2) is 18.5 Å². The second-order valence-corrected chi connectivity index (χ2v) is 5.28. The van der Waals surface area contributed by atoms with Crippen molar-refractivity contribution in [3.8, 4) is 5.75 Å². The van der Waals surface area contributed by atoms with Gasteiger partial charge in [0, 0.05) is 7.05 Å². The SMILES string of the molecule is Cc1c(O)c2c(=O)n(C)c(=O)n3c4ccccc4n(c1=O)c23. The molecule has 7 nitrogen and oxygen atoms in total. The number of nitrogens with zero attached hydrogens (tertiary/aromatic N) is 3. The van der Waals surface area contributed by atoms with Gasteiger partial charge in [0.25, 0.3) is 11.1 Å². The van der Waals surface area contributed by atoms with Crippen molar-refractivity contribution in [2.75, 3.05) is 0 Å². The van der Waals surface area contributed by atoms with Crippen LogP contribution < -0.4 is 16.8 Å². The minimum absolute atomic E-state index is 0.0320. The molecule has 1 N–H and O–H groups in total. The maximum absolute atomic E-state index is 12.5. The molecule has 0 bridgehead atoms. The quantitative estimate of drug-likeness (QED) is 0.503. The summed E-state index contributed by atoms with van der Waals surface area (Å²) in [7, 11) is 1.35. The zero-order chi connectivity index (χ0) is 15.8. The monoisotopic (exact) mass is 297 g/mol. The lowest BCUT2D eigenvalue weighted by Gasteiger charge is -2.07. The Morgan fingerprint density at radius 3 is 2.18 bits per heavy atom. The molecule has 3 heterocycles. The smallest absolute Gasteiger partial charge is 0.337 e. The van der Waals surface area contributed by atoms with E-state index in [2.05, 4.69) is 0 Å². The van der Waals surface area contributed by atoms with Gasteiger partial charge < -0.3 is 5.11 Å². The first-order chi connectivity index (χ1) is 10.4. The van der Waals surface area contributed by atoms with Crippen LogP contribution in [0, 0.1) is 6.92 Å². The molecule has 0 amide bonds. The standard InChI is InChI=1S/C15H11N3O4/c1-7-11(19)10-12-17(13(7)20)8-5-3-4-6-9(8)18(12)15(22)16(2)14(10)21/h3-6,19H,1-2H3. The predicted octanol–water partition coefficient (Wildman–Crippen LogP) is 0.216. The van der Waals surface area contributed by atoms with Gasteiger partial charge in [0.2, 0.25) is 0 Å². The molecule has 4 rings (SSSR count). The van der Waals surface area contributed by atoms with E-state index in [4.69, 9.17) is 0 Å². The summed E-state index contributed by atoms with van der Waals surface area (Å²) < 4.78 is 3.52. The van der Waals surface area contributed by atoms with Crippen LogP contribution in [0.1, 0.15) is 5.56 Å². The van der Waals surface area contributed by atoms with Crippen LogP contribution in [0.25, 0.3) is 22.1 Å². The Bertz CT molecular complexity index is 1230. The van der Waals surface area contributed by atoms with E-state index in [1.54, 1.807) is 24.3 Å². The average Bonchev–Trinajstić information content (AvgIpc) is 2.85. The van der Waals surface area contributed by atoms with Crippen molar-refractivity contribution in [1.82, 2.24) is 13.4 Å². The van der Waals surface area contributed by atoms with Crippen molar-refractivity contribution in [2.45, 2.75) is 6.92 Å². The molecule has 22 heavy (non-hydrogen) atoms. The Morgan fingerprint density at radius 1 is 0.955 bits per heavy atom. The van der Waals surface area contributed by atoms with Crippen LogP contribution in [0.5, 0.6) is 5.75 Å². The third-order valence-electron chi connectivity index (χ3n) is 4.12. The molecule has 0 fully saturated rings. The van der Waals surface area contributed by atoms with E-state index in [0.717, 1.165) is 4.57 Å². The molecule has 0 aliphatic heterocycles. The summed E-state index contributed by atoms with van der Waals surface area (Å²) in [6, 6.07) is 6.88. The summed E-state index contributed by atoms with van der Waals surface area (Å²) in [4.78, 5) is 37.4. The highest BCUT2D eigenvalue weighted by atomic mass is 16.3. The highest BCUT2D eigenvalue weighted by Crippen LogP contribution is 2.26. The highest BCUT2D eigenvalue weighted by molar-refractivity contribution is 5.92. The van der Waals surface area contributed by atoms with Crippen LogP contribution in [0.3, 0.4) is 0 Å². The summed E-state index contributed by atoms with van der Waals surface area (Å²) in [6.07, 6.45) is 0. The van der Waals surface area contributed by atoms with E-state index in [9.17, 15) is 19.5 Å². The molecule has 3 aromatic heterocycles. The van der Waals surface area contributed by atoms with Crippen molar-refractivity contribution >= 4 is 22.1 Å². The van der Waals surface area contributed by atoms with Gasteiger partial charge in [-0.05, 0) is 19.1 Å². The average molecular weight is 297 g/mol. The number of fused-ring (bicyclic) bond motifs is 3. The Hall–Kier alpha value is -3.09. The molecule has 0 atom stereocenters. The first-order valence-corrected chi connectivity index (χ1v) is 6.65. The number of para-hydroxylation sites is 2. The summed E-state index contributed by atoms with van der Waals surface area (Å²) in [6.45, 7) is 1.45. The van der Waals surface area contributed by atoms with Crippen LogP contribution in [0.15, 0.2) is 38.6 Å². The molecular formula is C15H11N3O4. The summed E-state index contributed by atoms with van der Waals surface area (Å²) in [5.74, 6) is -0.376. The number of hydrogen-bond donors (Lipinski definition) is 1. The molecule has 0 aliphatic carbocycles. The lowest BCUT2D eigenvalue weighted by atomic mass is 10.2. The normalized spacial score (nSPS) is 11.9. The van der Waals surface area contributed by atoms with Crippen molar-refractivity contribution in [2.24, 2.45) is 7.05 Å². The third-order valence-corrected chi connectivity index (χ3v) is 4.12. The maximum Gasteiger partial charge on any atom is 0.337 e. The zero-order valence-corrected chi connectivity index (χ0v) is 11.8. The number of benzene rings is 1. The second-order valence-electron chi connectivity index (χ2n) is 5.28. The van der Waals surface area contributed by atoms with Gasteiger partial charge in [-0.2, -0.15) is 0 Å². The fraction of sp³-hybridized carbons (Fsp3) is 0.133. The number of imidazole rings is 1. The number of rotatable bonds is 0. The number of pyridine rings is 1. The molecule has 0 unspecified atom stereocenters. The summed E-state index contributed by atoms with van der Waals surface area (Å²) >= 11 is 0. The van der Waals surface area contributed by atoms with Gasteiger partial charge in [0.15, 0.2) is 0 Å². The fourth-order valence-corrected chi connectivity index (χ4v) is 2.96. The van der Waals surface area contributed by atoms with Crippen molar-refractivity contribution in [3.05, 3.63) is 61.0 Å². The summed E-state index contributed by atoms with van der Waals surface area (Å²) in [5, 5.41) is 10.2. The minimum Gasteiger partial charge on any atom is -0.506 e. The van der Waals surface area contributed by atoms with Crippen LogP contribution in [-0.2, 0) is 7.05 Å². The lowest BCUT2D eigenvalue weighted by Crippen LogP contribution is -2.36. The van der Waals surface area contributed by atoms with Crippen molar-refractivity contribution < 1.29 is 5.11 Å². The topological polar surface area (TPSA) is 85.2 Å². The molecule has 4 aromatic rings. The van der Waals surface area contributed by atoms with Gasteiger partial charge in [0.1, 0.15) is 16.8 Å². The van der Waals surface area contributed by atoms with Crippen molar-refractivity contribution in [3.63, 3.8) is 0 Å². The van der Waals surface area contributed by atoms with Crippen LogP contribution in [0.2, 0.25) is 0 Å². The maximum atomic E-state index is 12.5. The zero-order valence-electron chi connectivity index (χ0n) is 11.8. The molecule has 0 saturated carbocycles. The van der Waals surface area contributed by atoms with Gasteiger partial charge in [-0.1, -0.05) is 12.1 Å². The van der Waals surface area contributed by atoms with E-state index in [1.165, 1.54) is 22.8 Å². The van der Waals surface area contributed by atoms with Crippen molar-refractivity contribution in [1.29, 1.82) is 0 Å². The highest BCUT2D eigenvalue weighted by Gasteiger charge is 2.23. The molecule has 1 aromatic carbocycles. The number of hydrogen-bond acceptors (Lipinski definition) is 4. The molecule has 0 saturated heterocycles. The van der Waals surface area contributed by atoms with E-state index in [0.29, 0.717) is 11.0 Å². The fourth-order valence-electron chi connectivity index (χ4n) is 2.96. The largest absolute Gasteiger partial charge is 0.506 e. The first-order valence-electron chi connectivity index (χ1n) is 6.65. The van der Waals surface area contributed by atoms with Gasteiger partial charge in [0.05, 0.1) is 16.6 Å². The Kier molecular flexibility index (Phi) is 2.16. The van der Waals surface area contributed by atoms with E-state index in [1.807, 2.05) is 0 Å². The number of aromatic nitrogens is 3. The van der Waals surface area contributed by atoms with E-state index >= 15 is 0 Å². The molecular weight excluding hydrogens is 286 g/mol. The van der Waals surface area contributed by atoms with Gasteiger partial charge in [-0.3, -0.25) is 18.6 Å². The number of aromatic hydroxyl groups is 1. The van der Waals surface area contributed by atoms with Crippen LogP contribution in [0.4, 0.5) is 0 Å². The third kappa shape index (κ3) is 1.19. The molecule has 0 aliphatic rings. The molecule has 0 radical (unpaired) electrons. The van der Waals surface area contributed by atoms with Gasteiger partial charge in [-0.25, -0.2) is 9.20 Å². The van der Waals surface area contributed by atoms with Gasteiger partial charge >= 0.3 is 5.69 Å². The van der Waals surface area contributed by atoms with E-state index < -0.39 is 16.8 Å². The molecule has 0 spiro atoms. The van der Waals surface area contributed by atoms with Crippen LogP contribution >= 0.6 is 0 Å². The minimum atomic E-state index is -0.626. The molecule has 110 valence electrons. The Morgan fingerprint density at radius 2 is 1.55 bits per heavy atom. The molecule has 7 heteroatoms. The van der Waals surface area contributed by atoms with E-state index in [-0.39, 0.29) is 22.3 Å². The first kappa shape index (κ1) is 12.6. The predicted molar refractivity (Wildman–Crippen MR) is 81.2 cm³/mol. The summed E-state index contributed by atoms with van der Waals surface area (Å²) in [5.41, 5.74) is -0.416. The lowest BCUT2D eigenvalue weighted by molar-refractivity contribution is 0.474. The Labute approximate surface area is 122 Å². The van der Waals surface area contributed by atoms with Gasteiger partial charge in [-0.15, -0.1) is 0 Å². The Balaban J connectivity index is 2.66. The second kappa shape index (κ2) is 3.76.